The molecule has 0 radical (unpaired) electrons. The van der Waals surface area contributed by atoms with Crippen molar-refractivity contribution < 1.29 is 23.0 Å². The molecule has 35 heavy (non-hydrogen) atoms. The molecule has 1 N–H and O–H groups in total. The lowest BCUT2D eigenvalue weighted by molar-refractivity contribution is -0.0494. The lowest BCUT2D eigenvalue weighted by Crippen LogP contribution is -2.12. The zero-order valence-corrected chi connectivity index (χ0v) is 18.2. The first-order chi connectivity index (χ1) is 17.0. The zero-order chi connectivity index (χ0) is 24.4. The molecule has 0 unspecified atom stereocenters. The van der Waals surface area contributed by atoms with Crippen LogP contribution in [-0.4, -0.2) is 41.9 Å². The third-order valence-corrected chi connectivity index (χ3v) is 4.89. The quantitative estimate of drug-likeness (QED) is 0.375. The summed E-state index contributed by atoms with van der Waals surface area (Å²) in [4.78, 5) is 21.2. The number of aryl methyl sites for hydroxylation is 1. The number of benzene rings is 1. The Hall–Kier alpha value is -4.87. The molecule has 1 amide bonds. The van der Waals surface area contributed by atoms with Crippen LogP contribution < -0.4 is 14.8 Å². The Kier molecular flexibility index (Phi) is 5.75. The van der Waals surface area contributed by atoms with Gasteiger partial charge in [-0.25, -0.2) is 9.50 Å². The molecule has 5 rings (SSSR count). The van der Waals surface area contributed by atoms with Gasteiger partial charge in [-0.1, -0.05) is 0 Å². The second kappa shape index (κ2) is 9.17. The van der Waals surface area contributed by atoms with Crippen molar-refractivity contribution in [3.05, 3.63) is 79.1 Å². The van der Waals surface area contributed by atoms with Crippen LogP contribution in [0.1, 0.15) is 10.4 Å². The lowest BCUT2D eigenvalue weighted by atomic mass is 10.1. The van der Waals surface area contributed by atoms with Crippen molar-refractivity contribution in [2.75, 3.05) is 5.32 Å². The summed E-state index contributed by atoms with van der Waals surface area (Å²) in [6.45, 7) is -3.06. The standard InChI is InChI=1S/C23H17F2N7O3/c1-31-13-18(29-22(33)17-12-28-32-9-3-8-27-21(17)32)20(30-31)16-10-14(5-6-19(16)35-23(24)25)34-15-4-2-7-26-11-15/h2-13,23H,1H3,(H,29,33). The van der Waals surface area contributed by atoms with Gasteiger partial charge in [-0.05, 0) is 36.4 Å². The van der Waals surface area contributed by atoms with E-state index >= 15 is 0 Å². The molecule has 0 saturated heterocycles. The number of pyridine rings is 1. The van der Waals surface area contributed by atoms with Gasteiger partial charge in [-0.15, -0.1) is 0 Å². The van der Waals surface area contributed by atoms with Crippen LogP contribution in [0.3, 0.4) is 0 Å². The number of aromatic nitrogens is 6. The highest BCUT2D eigenvalue weighted by atomic mass is 19.3. The number of alkyl halides is 2. The van der Waals surface area contributed by atoms with Crippen LogP contribution >= 0.6 is 0 Å². The molecule has 4 heterocycles. The number of hydrogen-bond donors (Lipinski definition) is 1. The predicted molar refractivity (Wildman–Crippen MR) is 121 cm³/mol. The van der Waals surface area contributed by atoms with E-state index in [4.69, 9.17) is 9.47 Å². The number of anilines is 1. The van der Waals surface area contributed by atoms with Crippen LogP contribution in [0.5, 0.6) is 17.2 Å². The highest BCUT2D eigenvalue weighted by molar-refractivity contribution is 6.09. The minimum atomic E-state index is -3.06. The summed E-state index contributed by atoms with van der Waals surface area (Å²) in [5.41, 5.74) is 1.27. The molecule has 176 valence electrons. The first-order valence-corrected chi connectivity index (χ1v) is 10.3. The van der Waals surface area contributed by atoms with Crippen LogP contribution in [0.25, 0.3) is 16.9 Å². The number of rotatable bonds is 7. The number of halogens is 2. The monoisotopic (exact) mass is 477 g/mol. The normalized spacial score (nSPS) is 11.1. The van der Waals surface area contributed by atoms with Gasteiger partial charge in [0.15, 0.2) is 5.65 Å². The number of hydrogen-bond acceptors (Lipinski definition) is 7. The highest BCUT2D eigenvalue weighted by Gasteiger charge is 2.22. The maximum Gasteiger partial charge on any atom is 0.387 e. The molecule has 1 aromatic carbocycles. The summed E-state index contributed by atoms with van der Waals surface area (Å²) >= 11 is 0. The first kappa shape index (κ1) is 21.9. The average Bonchev–Trinajstić information content (AvgIpc) is 3.43. The predicted octanol–water partition coefficient (Wildman–Crippen LogP) is 4.17. The van der Waals surface area contributed by atoms with Crippen LogP contribution in [-0.2, 0) is 7.05 Å². The second-order valence-electron chi connectivity index (χ2n) is 7.29. The van der Waals surface area contributed by atoms with E-state index < -0.39 is 12.5 Å². The van der Waals surface area contributed by atoms with E-state index in [0.717, 1.165) is 0 Å². The van der Waals surface area contributed by atoms with Gasteiger partial charge in [-0.2, -0.15) is 19.0 Å². The van der Waals surface area contributed by atoms with Crippen molar-refractivity contribution in [3.63, 3.8) is 0 Å². The maximum absolute atomic E-state index is 13.1. The summed E-state index contributed by atoms with van der Waals surface area (Å²) < 4.78 is 39.7. The maximum atomic E-state index is 13.1. The summed E-state index contributed by atoms with van der Waals surface area (Å²) in [7, 11) is 1.64. The van der Waals surface area contributed by atoms with Gasteiger partial charge < -0.3 is 14.8 Å². The van der Waals surface area contributed by atoms with Gasteiger partial charge in [0.25, 0.3) is 5.91 Å². The van der Waals surface area contributed by atoms with Gasteiger partial charge in [0.2, 0.25) is 0 Å². The van der Waals surface area contributed by atoms with E-state index in [2.05, 4.69) is 25.5 Å². The van der Waals surface area contributed by atoms with Gasteiger partial charge in [0.05, 0.1) is 23.6 Å². The number of amides is 1. The fourth-order valence-corrected chi connectivity index (χ4v) is 3.46. The Labute approximate surface area is 196 Å². The Bertz CT molecular complexity index is 1500. The molecule has 0 aliphatic rings. The van der Waals surface area contributed by atoms with Gasteiger partial charge in [0.1, 0.15) is 28.5 Å². The summed E-state index contributed by atoms with van der Waals surface area (Å²) in [6.07, 6.45) is 9.26. The molecular formula is C23H17F2N7O3. The van der Waals surface area contributed by atoms with E-state index in [1.54, 1.807) is 50.0 Å². The largest absolute Gasteiger partial charge is 0.456 e. The zero-order valence-electron chi connectivity index (χ0n) is 18.2. The highest BCUT2D eigenvalue weighted by Crippen LogP contribution is 2.38. The Morgan fingerprint density at radius 3 is 2.80 bits per heavy atom. The lowest BCUT2D eigenvalue weighted by Gasteiger charge is -2.13. The molecule has 0 fully saturated rings. The van der Waals surface area contributed by atoms with E-state index in [1.807, 2.05) is 0 Å². The van der Waals surface area contributed by atoms with Gasteiger partial charge >= 0.3 is 6.61 Å². The topological polar surface area (TPSA) is 108 Å². The summed E-state index contributed by atoms with van der Waals surface area (Å²) in [5, 5.41) is 11.2. The van der Waals surface area contributed by atoms with Crippen molar-refractivity contribution in [2.24, 2.45) is 7.05 Å². The van der Waals surface area contributed by atoms with E-state index in [1.165, 1.54) is 39.8 Å². The molecule has 0 saturated carbocycles. The average molecular weight is 477 g/mol. The molecular weight excluding hydrogens is 460 g/mol. The van der Waals surface area contributed by atoms with E-state index in [0.29, 0.717) is 17.1 Å². The van der Waals surface area contributed by atoms with Crippen molar-refractivity contribution in [2.45, 2.75) is 6.61 Å². The second-order valence-corrected chi connectivity index (χ2v) is 7.29. The van der Waals surface area contributed by atoms with Crippen molar-refractivity contribution in [1.29, 1.82) is 0 Å². The SMILES string of the molecule is Cn1cc(NC(=O)c2cnn3cccnc23)c(-c2cc(Oc3cccnc3)ccc2OC(F)F)n1. The molecule has 0 aliphatic carbocycles. The molecule has 0 bridgehead atoms. The van der Waals surface area contributed by atoms with Crippen LogP contribution in [0.4, 0.5) is 14.5 Å². The summed E-state index contributed by atoms with van der Waals surface area (Å²) in [6, 6.07) is 9.42. The molecule has 5 aromatic rings. The molecule has 12 heteroatoms. The minimum absolute atomic E-state index is 0.134. The number of ether oxygens (including phenoxy) is 2. The van der Waals surface area contributed by atoms with Crippen LogP contribution in [0, 0.1) is 0 Å². The summed E-state index contributed by atoms with van der Waals surface area (Å²) in [5.74, 6) is 0.165. The van der Waals surface area contributed by atoms with Crippen molar-refractivity contribution >= 4 is 17.2 Å². The van der Waals surface area contributed by atoms with Crippen molar-refractivity contribution in [3.8, 4) is 28.5 Å². The fourth-order valence-electron chi connectivity index (χ4n) is 3.46. The van der Waals surface area contributed by atoms with E-state index in [9.17, 15) is 13.6 Å². The smallest absolute Gasteiger partial charge is 0.387 e. The number of carbonyl (C=O) groups excluding carboxylic acids is 1. The van der Waals surface area contributed by atoms with Crippen LogP contribution in [0.2, 0.25) is 0 Å². The van der Waals surface area contributed by atoms with Crippen molar-refractivity contribution in [1.82, 2.24) is 29.4 Å². The van der Waals surface area contributed by atoms with E-state index in [-0.39, 0.29) is 28.3 Å². The third kappa shape index (κ3) is 4.62. The third-order valence-electron chi connectivity index (χ3n) is 4.89. The molecule has 0 aliphatic heterocycles. The van der Waals surface area contributed by atoms with Gasteiger partial charge in [0, 0.05) is 31.8 Å². The number of carbonyl (C=O) groups is 1. The Morgan fingerprint density at radius 1 is 1.11 bits per heavy atom. The molecule has 10 nitrogen and oxygen atoms in total. The van der Waals surface area contributed by atoms with Crippen LogP contribution in [0.15, 0.2) is 73.6 Å². The molecule has 0 atom stereocenters. The number of nitrogens with one attached hydrogen (secondary N) is 1. The number of nitrogens with zero attached hydrogens (tertiary/aromatic N) is 6. The first-order valence-electron chi connectivity index (χ1n) is 10.3. The van der Waals surface area contributed by atoms with Gasteiger partial charge in [-0.3, -0.25) is 14.5 Å². The fraction of sp³-hybridized carbons (Fsp3) is 0.0870. The molecule has 4 aromatic heterocycles. The molecule has 0 spiro atoms. The number of fused-ring (bicyclic) bond motifs is 1. The Balaban J connectivity index is 1.52. The Morgan fingerprint density at radius 2 is 2.00 bits per heavy atom. The minimum Gasteiger partial charge on any atom is -0.456 e.